The fraction of sp³-hybridized carbons (Fsp3) is 0.421. The lowest BCUT2D eigenvalue weighted by Gasteiger charge is -2.17. The minimum absolute atomic E-state index is 0.0260. The third-order valence-corrected chi connectivity index (χ3v) is 4.70. The maximum absolute atomic E-state index is 12.4. The van der Waals surface area contributed by atoms with Crippen LogP contribution in [0.2, 0.25) is 0 Å². The molecule has 1 unspecified atom stereocenters. The Morgan fingerprint density at radius 3 is 2.64 bits per heavy atom. The molecule has 0 aliphatic carbocycles. The third kappa shape index (κ3) is 3.90. The van der Waals surface area contributed by atoms with E-state index in [-0.39, 0.29) is 24.2 Å². The Morgan fingerprint density at radius 2 is 2.00 bits per heavy atom. The van der Waals surface area contributed by atoms with Gasteiger partial charge in [0.1, 0.15) is 5.76 Å². The summed E-state index contributed by atoms with van der Waals surface area (Å²) in [4.78, 5) is 26.4. The zero-order valence-corrected chi connectivity index (χ0v) is 14.8. The second kappa shape index (κ2) is 7.09. The van der Waals surface area contributed by atoms with E-state index in [1.807, 2.05) is 45.0 Å². The lowest BCUT2D eigenvalue weighted by atomic mass is 10.1. The molecule has 2 aromatic rings. The van der Waals surface area contributed by atoms with Crippen molar-refractivity contribution in [2.45, 2.75) is 40.3 Å². The zero-order chi connectivity index (χ0) is 18.0. The Kier molecular flexibility index (Phi) is 4.88. The van der Waals surface area contributed by atoms with Gasteiger partial charge in [0.2, 0.25) is 11.8 Å². The first-order valence-electron chi connectivity index (χ1n) is 8.47. The van der Waals surface area contributed by atoms with E-state index >= 15 is 0 Å². The number of carbonyl (C=O) groups excluding carboxylic acids is 2. The van der Waals surface area contributed by atoms with Crippen LogP contribution in [0, 0.1) is 26.7 Å². The Labute approximate surface area is 147 Å². The average Bonchev–Trinajstić information content (AvgIpc) is 3.11. The fourth-order valence-corrected chi connectivity index (χ4v) is 3.09. The highest BCUT2D eigenvalue weighted by molar-refractivity contribution is 5.89. The number of benzene rings is 1. The van der Waals surface area contributed by atoms with E-state index in [1.54, 1.807) is 4.90 Å². The quantitative estimate of drug-likeness (QED) is 0.905. The standard InChI is InChI=1S/C19H23N3O3/c1-12-4-6-15(7-5-12)10-22-11-16(8-18(22)23)19(24)20-9-17-13(2)21-25-14(17)3/h4-7,16H,8-11H2,1-3H3,(H,20,24). The summed E-state index contributed by atoms with van der Waals surface area (Å²) in [5.41, 5.74) is 3.94. The molecule has 132 valence electrons. The van der Waals surface area contributed by atoms with E-state index in [4.69, 9.17) is 4.52 Å². The molecule has 1 aliphatic heterocycles. The topological polar surface area (TPSA) is 75.4 Å². The second-order valence-corrected chi connectivity index (χ2v) is 6.68. The number of rotatable bonds is 5. The van der Waals surface area contributed by atoms with Crippen molar-refractivity contribution in [2.75, 3.05) is 6.54 Å². The summed E-state index contributed by atoms with van der Waals surface area (Å²) in [7, 11) is 0. The van der Waals surface area contributed by atoms with Gasteiger partial charge in [-0.2, -0.15) is 0 Å². The van der Waals surface area contributed by atoms with E-state index in [0.717, 1.165) is 16.8 Å². The lowest BCUT2D eigenvalue weighted by molar-refractivity contribution is -0.129. The number of likely N-dealkylation sites (tertiary alicyclic amines) is 1. The molecule has 6 nitrogen and oxygen atoms in total. The fourth-order valence-electron chi connectivity index (χ4n) is 3.09. The summed E-state index contributed by atoms with van der Waals surface area (Å²) in [5, 5.41) is 6.78. The van der Waals surface area contributed by atoms with Crippen molar-refractivity contribution in [3.63, 3.8) is 0 Å². The molecular weight excluding hydrogens is 318 g/mol. The van der Waals surface area contributed by atoms with Gasteiger partial charge in [0.15, 0.2) is 0 Å². The number of aromatic nitrogens is 1. The number of nitrogens with one attached hydrogen (secondary N) is 1. The van der Waals surface area contributed by atoms with Crippen molar-refractivity contribution in [3.05, 3.63) is 52.4 Å². The van der Waals surface area contributed by atoms with E-state index < -0.39 is 0 Å². The van der Waals surface area contributed by atoms with Crippen LogP contribution in [0.3, 0.4) is 0 Å². The first-order valence-corrected chi connectivity index (χ1v) is 8.47. The second-order valence-electron chi connectivity index (χ2n) is 6.68. The molecule has 2 heterocycles. The molecule has 1 aromatic carbocycles. The number of aryl methyl sites for hydroxylation is 3. The number of amides is 2. The Hall–Kier alpha value is -2.63. The molecule has 2 amide bonds. The van der Waals surface area contributed by atoms with Gasteiger partial charge in [0.25, 0.3) is 0 Å². The number of hydrogen-bond donors (Lipinski definition) is 1. The van der Waals surface area contributed by atoms with Crippen LogP contribution in [0.1, 0.15) is 34.6 Å². The molecule has 1 aromatic heterocycles. The van der Waals surface area contributed by atoms with E-state index in [0.29, 0.717) is 25.4 Å². The SMILES string of the molecule is Cc1ccc(CN2CC(C(=O)NCc3c(C)noc3C)CC2=O)cc1. The minimum atomic E-state index is -0.307. The molecule has 1 N–H and O–H groups in total. The molecule has 25 heavy (non-hydrogen) atoms. The van der Waals surface area contributed by atoms with Crippen LogP contribution in [-0.2, 0) is 22.7 Å². The van der Waals surface area contributed by atoms with Crippen LogP contribution >= 0.6 is 0 Å². The average molecular weight is 341 g/mol. The molecule has 0 spiro atoms. The highest BCUT2D eigenvalue weighted by Crippen LogP contribution is 2.21. The number of nitrogens with zero attached hydrogens (tertiary/aromatic N) is 2. The van der Waals surface area contributed by atoms with Crippen molar-refractivity contribution in [2.24, 2.45) is 5.92 Å². The molecule has 0 radical (unpaired) electrons. The van der Waals surface area contributed by atoms with Crippen LogP contribution in [0.25, 0.3) is 0 Å². The van der Waals surface area contributed by atoms with Crippen molar-refractivity contribution < 1.29 is 14.1 Å². The Morgan fingerprint density at radius 1 is 1.28 bits per heavy atom. The molecule has 1 aliphatic rings. The molecule has 3 rings (SSSR count). The number of carbonyl (C=O) groups is 2. The highest BCUT2D eigenvalue weighted by Gasteiger charge is 2.34. The largest absolute Gasteiger partial charge is 0.361 e. The van der Waals surface area contributed by atoms with Crippen molar-refractivity contribution in [3.8, 4) is 0 Å². The predicted molar refractivity (Wildman–Crippen MR) is 92.5 cm³/mol. The monoisotopic (exact) mass is 341 g/mol. The van der Waals surface area contributed by atoms with E-state index in [9.17, 15) is 9.59 Å². The summed E-state index contributed by atoms with van der Waals surface area (Å²) in [5.74, 6) is 0.331. The molecule has 1 saturated heterocycles. The zero-order valence-electron chi connectivity index (χ0n) is 14.8. The van der Waals surface area contributed by atoms with Gasteiger partial charge in [-0.15, -0.1) is 0 Å². The Balaban J connectivity index is 1.56. The van der Waals surface area contributed by atoms with E-state index in [2.05, 4.69) is 10.5 Å². The molecule has 6 heteroatoms. The van der Waals surface area contributed by atoms with Crippen LogP contribution < -0.4 is 5.32 Å². The van der Waals surface area contributed by atoms with Crippen molar-refractivity contribution in [1.29, 1.82) is 0 Å². The van der Waals surface area contributed by atoms with Gasteiger partial charge in [-0.05, 0) is 26.3 Å². The third-order valence-electron chi connectivity index (χ3n) is 4.70. The number of hydrogen-bond acceptors (Lipinski definition) is 4. The normalized spacial score (nSPS) is 17.2. The summed E-state index contributed by atoms with van der Waals surface area (Å²) in [6, 6.07) is 8.11. The molecule has 0 saturated carbocycles. The molecule has 1 fully saturated rings. The maximum Gasteiger partial charge on any atom is 0.225 e. The van der Waals surface area contributed by atoms with Crippen LogP contribution in [0.4, 0.5) is 0 Å². The van der Waals surface area contributed by atoms with Gasteiger partial charge < -0.3 is 14.7 Å². The van der Waals surface area contributed by atoms with Gasteiger partial charge in [-0.3, -0.25) is 9.59 Å². The van der Waals surface area contributed by atoms with Crippen molar-refractivity contribution >= 4 is 11.8 Å². The van der Waals surface area contributed by atoms with Crippen LogP contribution in [0.15, 0.2) is 28.8 Å². The first kappa shape index (κ1) is 17.2. The van der Waals surface area contributed by atoms with Crippen molar-refractivity contribution in [1.82, 2.24) is 15.4 Å². The molecular formula is C19H23N3O3. The predicted octanol–water partition coefficient (Wildman–Crippen LogP) is 2.26. The molecule has 1 atom stereocenters. The Bertz CT molecular complexity index is 760. The summed E-state index contributed by atoms with van der Waals surface area (Å²) in [6.45, 7) is 7.09. The molecule has 0 bridgehead atoms. The lowest BCUT2D eigenvalue weighted by Crippen LogP contribution is -2.32. The smallest absolute Gasteiger partial charge is 0.225 e. The van der Waals surface area contributed by atoms with Gasteiger partial charge in [0.05, 0.1) is 11.6 Å². The van der Waals surface area contributed by atoms with Gasteiger partial charge in [-0.1, -0.05) is 35.0 Å². The summed E-state index contributed by atoms with van der Waals surface area (Å²) >= 11 is 0. The van der Waals surface area contributed by atoms with Crippen LogP contribution in [-0.4, -0.2) is 28.4 Å². The van der Waals surface area contributed by atoms with Gasteiger partial charge in [-0.25, -0.2) is 0 Å². The van der Waals surface area contributed by atoms with Crippen LogP contribution in [0.5, 0.6) is 0 Å². The minimum Gasteiger partial charge on any atom is -0.361 e. The summed E-state index contributed by atoms with van der Waals surface area (Å²) in [6.07, 6.45) is 0.263. The van der Waals surface area contributed by atoms with E-state index in [1.165, 1.54) is 5.56 Å². The maximum atomic E-state index is 12.4. The van der Waals surface area contributed by atoms with Gasteiger partial charge in [0, 0.05) is 31.6 Å². The van der Waals surface area contributed by atoms with Gasteiger partial charge >= 0.3 is 0 Å². The highest BCUT2D eigenvalue weighted by atomic mass is 16.5. The summed E-state index contributed by atoms with van der Waals surface area (Å²) < 4.78 is 5.10. The first-order chi connectivity index (χ1) is 11.9.